The molecule has 0 bridgehead atoms. The van der Waals surface area contributed by atoms with Crippen LogP contribution in [0.2, 0.25) is 0 Å². The summed E-state index contributed by atoms with van der Waals surface area (Å²) in [7, 11) is 0. The van der Waals surface area contributed by atoms with Gasteiger partial charge in [0.15, 0.2) is 0 Å². The lowest BCUT2D eigenvalue weighted by Crippen LogP contribution is -2.20. The largest absolute Gasteiger partial charge is 0.380 e. The van der Waals surface area contributed by atoms with Gasteiger partial charge >= 0.3 is 0 Å². The molecule has 1 aliphatic rings. The third-order valence-corrected chi connectivity index (χ3v) is 2.94. The molecule has 0 amide bonds. The Morgan fingerprint density at radius 2 is 2.31 bits per heavy atom. The molecule has 0 radical (unpaired) electrons. The van der Waals surface area contributed by atoms with Gasteiger partial charge in [0.2, 0.25) is 0 Å². The Hall–Kier alpha value is -1.13. The molecule has 0 aliphatic heterocycles. The maximum Gasteiger partial charge on any atom is 0.257 e. The Balaban J connectivity index is 1.90. The lowest BCUT2D eigenvalue weighted by molar-refractivity contribution is 0.122. The van der Waals surface area contributed by atoms with Crippen LogP contribution in [0.4, 0.5) is 14.5 Å². The van der Waals surface area contributed by atoms with Gasteiger partial charge in [0.1, 0.15) is 6.54 Å². The summed E-state index contributed by atoms with van der Waals surface area (Å²) in [6, 6.07) is 0.462. The van der Waals surface area contributed by atoms with E-state index in [1.165, 1.54) is 17.5 Å². The van der Waals surface area contributed by atoms with Crippen LogP contribution in [0.3, 0.4) is 0 Å². The number of aromatic nitrogens is 2. The Bertz CT molecular complexity index is 334. The number of alkyl halides is 2. The van der Waals surface area contributed by atoms with Crippen LogP contribution in [-0.4, -0.2) is 22.2 Å². The maximum absolute atomic E-state index is 12.1. The van der Waals surface area contributed by atoms with E-state index in [-0.39, 0.29) is 6.54 Å². The second kappa shape index (κ2) is 4.80. The molecule has 1 heterocycles. The zero-order chi connectivity index (χ0) is 11.5. The molecule has 0 saturated heterocycles. The molecular formula is C11H17F2N3. The molecule has 0 aromatic carbocycles. The number of rotatable bonds is 6. The standard InChI is InChI=1S/C11H17F2N3/c1-2-10(8-3-4-8)15-9-5-14-16(6-9)7-11(12)13/h5-6,8,10-11,15H,2-4,7H2,1H3. The summed E-state index contributed by atoms with van der Waals surface area (Å²) in [6.07, 6.45) is 4.53. The monoisotopic (exact) mass is 229 g/mol. The number of hydrogen-bond acceptors (Lipinski definition) is 2. The van der Waals surface area contributed by atoms with E-state index < -0.39 is 6.43 Å². The lowest BCUT2D eigenvalue weighted by atomic mass is 10.1. The van der Waals surface area contributed by atoms with Crippen LogP contribution in [-0.2, 0) is 6.54 Å². The Morgan fingerprint density at radius 3 is 2.88 bits per heavy atom. The van der Waals surface area contributed by atoms with Gasteiger partial charge in [0.25, 0.3) is 6.43 Å². The number of anilines is 1. The molecule has 1 aliphatic carbocycles. The third kappa shape index (κ3) is 2.93. The molecule has 3 nitrogen and oxygen atoms in total. The van der Waals surface area contributed by atoms with Crippen molar-refractivity contribution < 1.29 is 8.78 Å². The minimum absolute atomic E-state index is 0.331. The lowest BCUT2D eigenvalue weighted by Gasteiger charge is -2.15. The zero-order valence-electron chi connectivity index (χ0n) is 9.37. The highest BCUT2D eigenvalue weighted by Gasteiger charge is 2.29. The summed E-state index contributed by atoms with van der Waals surface area (Å²) in [4.78, 5) is 0. The molecule has 1 aromatic rings. The summed E-state index contributed by atoms with van der Waals surface area (Å²) in [5.41, 5.74) is 0.847. The second-order valence-corrected chi connectivity index (χ2v) is 4.34. The SMILES string of the molecule is CCC(Nc1cnn(CC(F)F)c1)C1CC1. The van der Waals surface area contributed by atoms with Gasteiger partial charge in [-0.3, -0.25) is 4.68 Å². The molecule has 1 unspecified atom stereocenters. The van der Waals surface area contributed by atoms with Crippen molar-refractivity contribution in [1.29, 1.82) is 0 Å². The summed E-state index contributed by atoms with van der Waals surface area (Å²) in [6.45, 7) is 1.81. The fourth-order valence-electron chi connectivity index (χ4n) is 1.95. The van der Waals surface area contributed by atoms with E-state index in [2.05, 4.69) is 17.3 Å². The van der Waals surface area contributed by atoms with Crippen LogP contribution in [0, 0.1) is 5.92 Å². The highest BCUT2D eigenvalue weighted by Crippen LogP contribution is 2.35. The predicted octanol–water partition coefficient (Wildman–Crippen LogP) is 2.75. The molecule has 90 valence electrons. The molecule has 0 spiro atoms. The van der Waals surface area contributed by atoms with E-state index in [1.807, 2.05) is 0 Å². The van der Waals surface area contributed by atoms with Gasteiger partial charge in [0.05, 0.1) is 11.9 Å². The fourth-order valence-corrected chi connectivity index (χ4v) is 1.95. The van der Waals surface area contributed by atoms with E-state index >= 15 is 0 Å². The van der Waals surface area contributed by atoms with Gasteiger partial charge < -0.3 is 5.32 Å². The summed E-state index contributed by atoms with van der Waals surface area (Å²) < 4.78 is 25.5. The van der Waals surface area contributed by atoms with Gasteiger partial charge in [-0.1, -0.05) is 6.92 Å². The molecule has 1 atom stereocenters. The Morgan fingerprint density at radius 1 is 1.56 bits per heavy atom. The molecular weight excluding hydrogens is 212 g/mol. The maximum atomic E-state index is 12.1. The third-order valence-electron chi connectivity index (χ3n) is 2.94. The van der Waals surface area contributed by atoms with Crippen LogP contribution < -0.4 is 5.32 Å². The quantitative estimate of drug-likeness (QED) is 0.812. The average molecular weight is 229 g/mol. The number of halogens is 2. The van der Waals surface area contributed by atoms with Crippen molar-refractivity contribution in [3.8, 4) is 0 Å². The predicted molar refractivity (Wildman–Crippen MR) is 58.7 cm³/mol. The van der Waals surface area contributed by atoms with E-state index in [4.69, 9.17) is 0 Å². The van der Waals surface area contributed by atoms with E-state index in [9.17, 15) is 8.78 Å². The molecule has 2 rings (SSSR count). The summed E-state index contributed by atoms with van der Waals surface area (Å²) in [5.74, 6) is 0.753. The number of nitrogens with one attached hydrogen (secondary N) is 1. The van der Waals surface area contributed by atoms with Crippen LogP contribution >= 0.6 is 0 Å². The van der Waals surface area contributed by atoms with Gasteiger partial charge in [-0.2, -0.15) is 5.10 Å². The average Bonchev–Trinajstić information content (AvgIpc) is 2.98. The van der Waals surface area contributed by atoms with Crippen LogP contribution in [0.1, 0.15) is 26.2 Å². The van der Waals surface area contributed by atoms with Crippen LogP contribution in [0.15, 0.2) is 12.4 Å². The molecule has 16 heavy (non-hydrogen) atoms. The van der Waals surface area contributed by atoms with E-state index in [0.29, 0.717) is 6.04 Å². The van der Waals surface area contributed by atoms with Crippen molar-refractivity contribution in [1.82, 2.24) is 9.78 Å². The Kier molecular flexibility index (Phi) is 3.41. The summed E-state index contributed by atoms with van der Waals surface area (Å²) in [5, 5.41) is 7.25. The number of hydrogen-bond donors (Lipinski definition) is 1. The second-order valence-electron chi connectivity index (χ2n) is 4.34. The first kappa shape index (κ1) is 11.4. The van der Waals surface area contributed by atoms with Gasteiger partial charge in [0, 0.05) is 12.2 Å². The molecule has 1 aromatic heterocycles. The molecule has 1 saturated carbocycles. The van der Waals surface area contributed by atoms with Gasteiger partial charge in [-0.05, 0) is 25.2 Å². The first-order valence-corrected chi connectivity index (χ1v) is 5.76. The van der Waals surface area contributed by atoms with Crippen LogP contribution in [0.25, 0.3) is 0 Å². The highest BCUT2D eigenvalue weighted by molar-refractivity contribution is 5.39. The minimum Gasteiger partial charge on any atom is -0.380 e. The zero-order valence-corrected chi connectivity index (χ0v) is 9.37. The van der Waals surface area contributed by atoms with Gasteiger partial charge in [-0.15, -0.1) is 0 Å². The molecule has 5 heteroatoms. The highest BCUT2D eigenvalue weighted by atomic mass is 19.3. The first-order chi connectivity index (χ1) is 7.69. The summed E-state index contributed by atoms with van der Waals surface area (Å²) >= 11 is 0. The van der Waals surface area contributed by atoms with Crippen molar-refractivity contribution in [2.75, 3.05) is 5.32 Å². The van der Waals surface area contributed by atoms with Gasteiger partial charge in [-0.25, -0.2) is 8.78 Å². The van der Waals surface area contributed by atoms with Crippen molar-refractivity contribution in [3.63, 3.8) is 0 Å². The fraction of sp³-hybridized carbons (Fsp3) is 0.727. The normalized spacial score (nSPS) is 17.8. The van der Waals surface area contributed by atoms with Crippen LogP contribution in [0.5, 0.6) is 0 Å². The first-order valence-electron chi connectivity index (χ1n) is 5.76. The minimum atomic E-state index is -2.35. The topological polar surface area (TPSA) is 29.9 Å². The van der Waals surface area contributed by atoms with Crippen molar-refractivity contribution in [2.24, 2.45) is 5.92 Å². The van der Waals surface area contributed by atoms with E-state index in [0.717, 1.165) is 18.0 Å². The van der Waals surface area contributed by atoms with E-state index in [1.54, 1.807) is 12.4 Å². The Labute approximate surface area is 93.8 Å². The van der Waals surface area contributed by atoms with Crippen molar-refractivity contribution in [3.05, 3.63) is 12.4 Å². The molecule has 1 fully saturated rings. The molecule has 1 N–H and O–H groups in total. The smallest absolute Gasteiger partial charge is 0.257 e. The number of nitrogens with zero attached hydrogens (tertiary/aromatic N) is 2. The van der Waals surface area contributed by atoms with Crippen molar-refractivity contribution in [2.45, 2.75) is 45.2 Å². The van der Waals surface area contributed by atoms with Crippen molar-refractivity contribution >= 4 is 5.69 Å².